The monoisotopic (exact) mass is 393 g/mol. The molecule has 2 N–H and O–H groups in total. The van der Waals surface area contributed by atoms with Crippen LogP contribution in [0.1, 0.15) is 43.1 Å². The zero-order valence-electron chi connectivity index (χ0n) is 14.4. The number of amides is 1. The third-order valence-corrected chi connectivity index (χ3v) is 5.16. The first-order valence-corrected chi connectivity index (χ1v) is 8.28. The summed E-state index contributed by atoms with van der Waals surface area (Å²) < 4.78 is 44.2. The van der Waals surface area contributed by atoms with Gasteiger partial charge in [0.25, 0.3) is 5.91 Å². The molecule has 0 saturated heterocycles. The SMILES string of the molecule is CCOC1CC(NC(=O)c2cc(Cl)cc(C(F)(F)F)c2)(C(=O)O)C1(C)C. The molecule has 144 valence electrons. The van der Waals surface area contributed by atoms with Crippen molar-refractivity contribution in [3.63, 3.8) is 0 Å². The molecule has 0 spiro atoms. The number of carbonyl (C=O) groups is 2. The van der Waals surface area contributed by atoms with Gasteiger partial charge in [-0.05, 0) is 25.1 Å². The van der Waals surface area contributed by atoms with Crippen molar-refractivity contribution in [3.8, 4) is 0 Å². The van der Waals surface area contributed by atoms with Gasteiger partial charge in [-0.3, -0.25) is 4.79 Å². The fourth-order valence-corrected chi connectivity index (χ4v) is 3.42. The maximum Gasteiger partial charge on any atom is 0.416 e. The first kappa shape index (κ1) is 20.5. The van der Waals surface area contributed by atoms with Crippen molar-refractivity contribution in [3.05, 3.63) is 34.3 Å². The molecule has 1 aromatic rings. The summed E-state index contributed by atoms with van der Waals surface area (Å²) in [4.78, 5) is 24.4. The summed E-state index contributed by atoms with van der Waals surface area (Å²) >= 11 is 5.69. The Bertz CT molecular complexity index is 735. The molecule has 0 heterocycles. The number of rotatable bonds is 5. The minimum Gasteiger partial charge on any atom is -0.479 e. The lowest BCUT2D eigenvalue weighted by Gasteiger charge is -2.58. The van der Waals surface area contributed by atoms with Gasteiger partial charge < -0.3 is 15.2 Å². The van der Waals surface area contributed by atoms with Crippen molar-refractivity contribution in [2.45, 2.75) is 45.0 Å². The summed E-state index contributed by atoms with van der Waals surface area (Å²) in [6, 6.07) is 2.40. The van der Waals surface area contributed by atoms with Crippen molar-refractivity contribution in [2.24, 2.45) is 5.41 Å². The highest BCUT2D eigenvalue weighted by Crippen LogP contribution is 2.51. The van der Waals surface area contributed by atoms with Crippen molar-refractivity contribution in [1.29, 1.82) is 0 Å². The van der Waals surface area contributed by atoms with E-state index in [0.717, 1.165) is 6.07 Å². The summed E-state index contributed by atoms with van der Waals surface area (Å²) in [7, 11) is 0. The van der Waals surface area contributed by atoms with Crippen LogP contribution in [-0.2, 0) is 15.7 Å². The summed E-state index contributed by atoms with van der Waals surface area (Å²) in [5.41, 5.74) is -4.04. The highest BCUT2D eigenvalue weighted by Gasteiger charge is 2.66. The number of nitrogens with one attached hydrogen (secondary N) is 1. The fraction of sp³-hybridized carbons (Fsp3) is 0.529. The van der Waals surface area contributed by atoms with Gasteiger partial charge in [0, 0.05) is 29.0 Å². The van der Waals surface area contributed by atoms with Crippen molar-refractivity contribution in [2.75, 3.05) is 6.61 Å². The number of halogens is 4. The van der Waals surface area contributed by atoms with Gasteiger partial charge in [-0.15, -0.1) is 0 Å². The zero-order chi connectivity index (χ0) is 19.9. The smallest absolute Gasteiger partial charge is 0.416 e. The average Bonchev–Trinajstić information content (AvgIpc) is 2.51. The Morgan fingerprint density at radius 2 is 1.96 bits per heavy atom. The second-order valence-electron chi connectivity index (χ2n) is 6.76. The number of benzene rings is 1. The predicted octanol–water partition coefficient (Wildman–Crippen LogP) is 3.75. The van der Waals surface area contributed by atoms with E-state index in [1.165, 1.54) is 0 Å². The average molecular weight is 394 g/mol. The van der Waals surface area contributed by atoms with Gasteiger partial charge in [-0.25, -0.2) is 4.79 Å². The van der Waals surface area contributed by atoms with Crippen molar-refractivity contribution < 1.29 is 32.6 Å². The third-order valence-electron chi connectivity index (χ3n) is 4.94. The van der Waals surface area contributed by atoms with Crippen LogP contribution in [0.4, 0.5) is 13.2 Å². The molecule has 1 aliphatic carbocycles. The lowest BCUT2D eigenvalue weighted by molar-refractivity contribution is -0.190. The number of aliphatic carboxylic acids is 1. The topological polar surface area (TPSA) is 75.6 Å². The van der Waals surface area contributed by atoms with Crippen LogP contribution in [0.3, 0.4) is 0 Å². The molecule has 0 radical (unpaired) electrons. The minimum absolute atomic E-state index is 0.0155. The molecule has 1 aliphatic rings. The first-order chi connectivity index (χ1) is 11.8. The first-order valence-electron chi connectivity index (χ1n) is 7.90. The predicted molar refractivity (Wildman–Crippen MR) is 88.1 cm³/mol. The van der Waals surface area contributed by atoms with Gasteiger partial charge >= 0.3 is 12.1 Å². The Morgan fingerprint density at radius 3 is 2.42 bits per heavy atom. The maximum absolute atomic E-state index is 12.9. The molecule has 1 aromatic carbocycles. The molecular weight excluding hydrogens is 375 g/mol. The number of hydrogen-bond donors (Lipinski definition) is 2. The molecule has 26 heavy (non-hydrogen) atoms. The largest absolute Gasteiger partial charge is 0.479 e. The van der Waals surface area contributed by atoms with E-state index >= 15 is 0 Å². The molecule has 0 bridgehead atoms. The van der Waals surface area contributed by atoms with Crippen molar-refractivity contribution in [1.82, 2.24) is 5.32 Å². The number of alkyl halides is 3. The second-order valence-corrected chi connectivity index (χ2v) is 7.20. The van der Waals surface area contributed by atoms with E-state index in [0.29, 0.717) is 18.7 Å². The van der Waals surface area contributed by atoms with Crippen LogP contribution < -0.4 is 5.32 Å². The van der Waals surface area contributed by atoms with Gasteiger partial charge in [0.1, 0.15) is 5.54 Å². The van der Waals surface area contributed by atoms with Crippen LogP contribution in [0.2, 0.25) is 5.02 Å². The van der Waals surface area contributed by atoms with Crippen LogP contribution in [0.25, 0.3) is 0 Å². The molecule has 1 fully saturated rings. The quantitative estimate of drug-likeness (QED) is 0.799. The molecule has 2 unspecified atom stereocenters. The van der Waals surface area contributed by atoms with Gasteiger partial charge in [0.2, 0.25) is 0 Å². The molecular formula is C17H19ClF3NO4. The number of carbonyl (C=O) groups excluding carboxylic acids is 1. The third kappa shape index (κ3) is 3.40. The summed E-state index contributed by atoms with van der Waals surface area (Å²) in [5.74, 6) is -2.21. The van der Waals surface area contributed by atoms with Crippen LogP contribution in [0.15, 0.2) is 18.2 Å². The maximum atomic E-state index is 12.9. The van der Waals surface area contributed by atoms with E-state index in [1.54, 1.807) is 20.8 Å². The molecule has 1 saturated carbocycles. The Kier molecular flexibility index (Phi) is 5.31. The number of ether oxygens (including phenoxy) is 1. The fourth-order valence-electron chi connectivity index (χ4n) is 3.19. The highest BCUT2D eigenvalue weighted by atomic mass is 35.5. The van der Waals surface area contributed by atoms with Gasteiger partial charge in [-0.1, -0.05) is 25.4 Å². The summed E-state index contributed by atoms with van der Waals surface area (Å²) in [6.45, 7) is 5.40. The molecule has 0 aliphatic heterocycles. The molecule has 2 rings (SSSR count). The molecule has 9 heteroatoms. The Hall–Kier alpha value is -1.80. The van der Waals surface area contributed by atoms with E-state index in [9.17, 15) is 27.9 Å². The summed E-state index contributed by atoms with van der Waals surface area (Å²) in [6.07, 6.45) is -5.06. The summed E-state index contributed by atoms with van der Waals surface area (Å²) in [5, 5.41) is 11.8. The van der Waals surface area contributed by atoms with E-state index in [1.807, 2.05) is 0 Å². The van der Waals surface area contributed by atoms with E-state index in [4.69, 9.17) is 16.3 Å². The van der Waals surface area contributed by atoms with E-state index < -0.39 is 40.7 Å². The van der Waals surface area contributed by atoms with E-state index in [-0.39, 0.29) is 17.0 Å². The van der Waals surface area contributed by atoms with Gasteiger partial charge in [-0.2, -0.15) is 13.2 Å². The molecule has 1 amide bonds. The normalized spacial score (nSPS) is 24.7. The second kappa shape index (κ2) is 6.74. The van der Waals surface area contributed by atoms with Gasteiger partial charge in [0.05, 0.1) is 11.7 Å². The molecule has 2 atom stereocenters. The number of carboxylic acids is 1. The standard InChI is InChI=1S/C17H19ClF3NO4/c1-4-26-12-8-16(14(24)25,15(12,2)3)22-13(23)9-5-10(17(19,20)21)7-11(18)6-9/h5-7,12H,4,8H2,1-3H3,(H,22,23)(H,24,25). The van der Waals surface area contributed by atoms with Crippen molar-refractivity contribution >= 4 is 23.5 Å². The van der Waals surface area contributed by atoms with Crippen LogP contribution in [0.5, 0.6) is 0 Å². The van der Waals surface area contributed by atoms with Crippen LogP contribution in [-0.4, -0.2) is 35.2 Å². The Labute approximate surface area is 153 Å². The Balaban J connectivity index is 2.34. The lowest BCUT2D eigenvalue weighted by atomic mass is 9.54. The van der Waals surface area contributed by atoms with E-state index in [2.05, 4.69) is 5.32 Å². The Morgan fingerprint density at radius 1 is 1.35 bits per heavy atom. The molecule has 5 nitrogen and oxygen atoms in total. The lowest BCUT2D eigenvalue weighted by Crippen LogP contribution is -2.76. The van der Waals surface area contributed by atoms with Gasteiger partial charge in [0.15, 0.2) is 0 Å². The zero-order valence-corrected chi connectivity index (χ0v) is 15.2. The highest BCUT2D eigenvalue weighted by molar-refractivity contribution is 6.31. The number of carboxylic acid groups (broad SMARTS) is 1. The van der Waals surface area contributed by atoms with Crippen LogP contribution >= 0.6 is 11.6 Å². The minimum atomic E-state index is -4.68. The van der Waals surface area contributed by atoms with Crippen LogP contribution in [0, 0.1) is 5.41 Å². The molecule has 0 aromatic heterocycles. The number of hydrogen-bond acceptors (Lipinski definition) is 3.